The molecular formula is C21H26N4O3S. The van der Waals surface area contributed by atoms with Gasteiger partial charge in [0.15, 0.2) is 5.16 Å². The average Bonchev–Trinajstić information content (AvgIpc) is 3.37. The van der Waals surface area contributed by atoms with E-state index in [-0.39, 0.29) is 23.8 Å². The Labute approximate surface area is 173 Å². The summed E-state index contributed by atoms with van der Waals surface area (Å²) in [5.41, 5.74) is 1.83. The highest BCUT2D eigenvalue weighted by molar-refractivity contribution is 7.99. The molecule has 0 bridgehead atoms. The predicted molar refractivity (Wildman–Crippen MR) is 113 cm³/mol. The van der Waals surface area contributed by atoms with Crippen molar-refractivity contribution in [3.8, 4) is 0 Å². The predicted octanol–water partition coefficient (Wildman–Crippen LogP) is 3.56. The van der Waals surface area contributed by atoms with E-state index >= 15 is 0 Å². The molecule has 8 heteroatoms. The lowest BCUT2D eigenvalue weighted by Crippen LogP contribution is -2.44. The second-order valence-corrected chi connectivity index (χ2v) is 8.45. The van der Waals surface area contributed by atoms with Crippen LogP contribution in [0.5, 0.6) is 0 Å². The number of carbonyl (C=O) groups is 1. The molecule has 1 aliphatic rings. The molecule has 1 atom stereocenters. The summed E-state index contributed by atoms with van der Waals surface area (Å²) >= 11 is 1.33. The summed E-state index contributed by atoms with van der Waals surface area (Å²) in [7, 11) is 0. The number of nitrogens with zero attached hydrogens (tertiary/aromatic N) is 3. The minimum atomic E-state index is -0.154. The maximum Gasteiger partial charge on any atom is 0.278 e. The number of H-pyrrole nitrogens is 1. The Bertz CT molecular complexity index is 1050. The molecule has 0 saturated carbocycles. The molecule has 3 aromatic heterocycles. The van der Waals surface area contributed by atoms with Crippen molar-refractivity contribution >= 4 is 28.7 Å². The minimum absolute atomic E-state index is 0.116. The fourth-order valence-electron chi connectivity index (χ4n) is 3.98. The van der Waals surface area contributed by atoms with Crippen molar-refractivity contribution in [2.45, 2.75) is 57.3 Å². The number of fused-ring (bicyclic) bond motifs is 1. The van der Waals surface area contributed by atoms with Gasteiger partial charge in [0.1, 0.15) is 11.3 Å². The number of nitrogens with one attached hydrogen (secondary N) is 1. The van der Waals surface area contributed by atoms with Crippen molar-refractivity contribution in [1.29, 1.82) is 0 Å². The molecule has 7 nitrogen and oxygen atoms in total. The number of rotatable bonds is 6. The van der Waals surface area contributed by atoms with Gasteiger partial charge < -0.3 is 14.3 Å². The molecule has 0 aromatic carbocycles. The smallest absolute Gasteiger partial charge is 0.278 e. The Kier molecular flexibility index (Phi) is 5.80. The lowest BCUT2D eigenvalue weighted by atomic mass is 10.0. The van der Waals surface area contributed by atoms with Crippen LogP contribution in [-0.2, 0) is 11.3 Å². The third-order valence-electron chi connectivity index (χ3n) is 5.48. The number of hydrogen-bond acceptors (Lipinski definition) is 5. The first-order valence-corrected chi connectivity index (χ1v) is 11.1. The number of hydrogen-bond donors (Lipinski definition) is 1. The van der Waals surface area contributed by atoms with Crippen LogP contribution in [0.1, 0.15) is 44.1 Å². The van der Waals surface area contributed by atoms with E-state index in [1.807, 2.05) is 24.0 Å². The number of aromatic nitrogens is 3. The van der Waals surface area contributed by atoms with Crippen LogP contribution in [0.25, 0.3) is 11.0 Å². The van der Waals surface area contributed by atoms with Crippen molar-refractivity contribution in [2.24, 2.45) is 0 Å². The first-order chi connectivity index (χ1) is 14.1. The molecule has 0 radical (unpaired) electrons. The van der Waals surface area contributed by atoms with Crippen LogP contribution in [-0.4, -0.2) is 43.7 Å². The molecule has 1 fully saturated rings. The van der Waals surface area contributed by atoms with E-state index in [1.165, 1.54) is 18.2 Å². The summed E-state index contributed by atoms with van der Waals surface area (Å²) in [6.45, 7) is 5.13. The first-order valence-electron chi connectivity index (χ1n) is 10.1. The van der Waals surface area contributed by atoms with Gasteiger partial charge in [0, 0.05) is 18.3 Å². The van der Waals surface area contributed by atoms with E-state index in [2.05, 4.69) is 16.9 Å². The number of aromatic amines is 1. The highest BCUT2D eigenvalue weighted by atomic mass is 32.2. The van der Waals surface area contributed by atoms with Gasteiger partial charge in [-0.2, -0.15) is 0 Å². The van der Waals surface area contributed by atoms with Gasteiger partial charge in [0.2, 0.25) is 5.91 Å². The van der Waals surface area contributed by atoms with Crippen molar-refractivity contribution in [2.75, 3.05) is 12.3 Å². The van der Waals surface area contributed by atoms with Crippen LogP contribution in [0.4, 0.5) is 0 Å². The molecule has 0 aliphatic carbocycles. The largest absolute Gasteiger partial charge is 0.467 e. The van der Waals surface area contributed by atoms with Crippen LogP contribution in [0.15, 0.2) is 38.8 Å². The molecule has 1 N–H and O–H groups in total. The van der Waals surface area contributed by atoms with Crippen molar-refractivity contribution in [3.63, 3.8) is 0 Å². The van der Waals surface area contributed by atoms with Crippen molar-refractivity contribution in [3.05, 3.63) is 46.3 Å². The normalized spacial score (nSPS) is 17.2. The van der Waals surface area contributed by atoms with E-state index in [1.54, 1.807) is 16.9 Å². The second-order valence-electron chi connectivity index (χ2n) is 7.51. The van der Waals surface area contributed by atoms with Gasteiger partial charge in [-0.1, -0.05) is 18.7 Å². The summed E-state index contributed by atoms with van der Waals surface area (Å²) < 4.78 is 7.02. The Balaban J connectivity index is 1.61. The number of furan rings is 1. The number of carbonyl (C=O) groups excluding carboxylic acids is 1. The number of piperidine rings is 1. The van der Waals surface area contributed by atoms with Crippen LogP contribution in [0, 0.1) is 6.92 Å². The molecule has 154 valence electrons. The summed E-state index contributed by atoms with van der Waals surface area (Å²) in [5, 5.41) is 0.538. The molecule has 1 unspecified atom stereocenters. The Morgan fingerprint density at radius 1 is 1.41 bits per heavy atom. The summed E-state index contributed by atoms with van der Waals surface area (Å²) in [5.74, 6) is 1.06. The monoisotopic (exact) mass is 414 g/mol. The lowest BCUT2D eigenvalue weighted by Gasteiger charge is -2.35. The van der Waals surface area contributed by atoms with Crippen LogP contribution in [0.3, 0.4) is 0 Å². The number of thioether (sulfide) groups is 1. The number of aryl methyl sites for hydroxylation is 1. The second kappa shape index (κ2) is 8.49. The molecule has 1 saturated heterocycles. The maximum atomic E-state index is 13.1. The van der Waals surface area contributed by atoms with Crippen molar-refractivity contribution < 1.29 is 9.21 Å². The van der Waals surface area contributed by atoms with Gasteiger partial charge in [0.05, 0.1) is 24.1 Å². The van der Waals surface area contributed by atoms with E-state index in [0.29, 0.717) is 28.0 Å². The quantitative estimate of drug-likeness (QED) is 0.492. The Morgan fingerprint density at radius 3 is 3.03 bits per heavy atom. The van der Waals surface area contributed by atoms with Gasteiger partial charge in [-0.15, -0.1) is 0 Å². The van der Waals surface area contributed by atoms with E-state index in [9.17, 15) is 9.59 Å². The highest BCUT2D eigenvalue weighted by Gasteiger charge is 2.26. The van der Waals surface area contributed by atoms with Crippen molar-refractivity contribution in [1.82, 2.24) is 19.4 Å². The zero-order valence-electron chi connectivity index (χ0n) is 16.8. The third-order valence-corrected chi connectivity index (χ3v) is 6.44. The van der Waals surface area contributed by atoms with Crippen LogP contribution >= 0.6 is 11.8 Å². The zero-order chi connectivity index (χ0) is 20.4. The lowest BCUT2D eigenvalue weighted by molar-refractivity contribution is -0.132. The van der Waals surface area contributed by atoms with Gasteiger partial charge in [-0.3, -0.25) is 14.2 Å². The first kappa shape index (κ1) is 19.8. The van der Waals surface area contributed by atoms with Gasteiger partial charge >= 0.3 is 0 Å². The van der Waals surface area contributed by atoms with Crippen LogP contribution < -0.4 is 5.56 Å². The number of amides is 1. The van der Waals surface area contributed by atoms with Gasteiger partial charge in [0.25, 0.3) is 5.56 Å². The maximum absolute atomic E-state index is 13.1. The number of likely N-dealkylation sites (tertiary alicyclic amines) is 1. The molecule has 1 amide bonds. The molecule has 4 rings (SSSR count). The van der Waals surface area contributed by atoms with Gasteiger partial charge in [-0.25, -0.2) is 4.98 Å². The zero-order valence-corrected chi connectivity index (χ0v) is 17.6. The third kappa shape index (κ3) is 4.12. The molecule has 3 aromatic rings. The molecule has 29 heavy (non-hydrogen) atoms. The average molecular weight is 415 g/mol. The SMILES string of the molecule is CCC1CCCCN1C(=O)CSc1nc2cc(C)[nH]c2c(=O)n1Cc1ccco1. The molecule has 0 spiro atoms. The summed E-state index contributed by atoms with van der Waals surface area (Å²) in [4.78, 5) is 35.7. The molecule has 1 aliphatic heterocycles. The topological polar surface area (TPSA) is 84.1 Å². The fourth-order valence-corrected chi connectivity index (χ4v) is 4.87. The summed E-state index contributed by atoms with van der Waals surface area (Å²) in [6.07, 6.45) is 5.88. The van der Waals surface area contributed by atoms with E-state index in [4.69, 9.17) is 4.42 Å². The van der Waals surface area contributed by atoms with Crippen LogP contribution in [0.2, 0.25) is 0 Å². The van der Waals surface area contributed by atoms with Gasteiger partial charge in [-0.05, 0) is 50.8 Å². The minimum Gasteiger partial charge on any atom is -0.467 e. The molecule has 4 heterocycles. The van der Waals surface area contributed by atoms with E-state index < -0.39 is 0 Å². The van der Waals surface area contributed by atoms with E-state index in [0.717, 1.165) is 31.5 Å². The Hall–Kier alpha value is -2.48. The Morgan fingerprint density at radius 2 is 2.28 bits per heavy atom. The summed E-state index contributed by atoms with van der Waals surface area (Å²) in [6, 6.07) is 5.81. The highest BCUT2D eigenvalue weighted by Crippen LogP contribution is 2.24. The standard InChI is InChI=1S/C21H26N4O3S/c1-3-15-7-4-5-9-24(15)18(26)13-29-21-23-17-11-14(2)22-19(17)20(27)25(21)12-16-8-6-10-28-16/h6,8,10-11,15,22H,3-5,7,9,12-13H2,1-2H3. The molecular weight excluding hydrogens is 388 g/mol. The fraction of sp³-hybridized carbons (Fsp3) is 0.476.